The first-order chi connectivity index (χ1) is 10.6. The normalized spacial score (nSPS) is 15.0. The highest BCUT2D eigenvalue weighted by molar-refractivity contribution is 5.47. The Hall–Kier alpha value is -2.44. The van der Waals surface area contributed by atoms with E-state index in [2.05, 4.69) is 30.0 Å². The fourth-order valence-electron chi connectivity index (χ4n) is 2.51. The maximum absolute atomic E-state index is 4.49. The Balaban J connectivity index is 1.64. The highest BCUT2D eigenvalue weighted by Gasteiger charge is 2.19. The van der Waals surface area contributed by atoms with E-state index in [-0.39, 0.29) is 0 Å². The second-order valence-corrected chi connectivity index (χ2v) is 5.58. The lowest BCUT2D eigenvalue weighted by atomic mass is 10.3. The Morgan fingerprint density at radius 2 is 1.59 bits per heavy atom. The molecule has 1 aliphatic rings. The molecule has 2 aromatic heterocycles. The Morgan fingerprint density at radius 3 is 2.14 bits per heavy atom. The third kappa shape index (κ3) is 3.08. The van der Waals surface area contributed by atoms with Crippen molar-refractivity contribution in [3.05, 3.63) is 30.2 Å². The Bertz CT molecular complexity index is 618. The second-order valence-electron chi connectivity index (χ2n) is 5.58. The molecule has 0 unspecified atom stereocenters. The number of aromatic nitrogens is 4. The van der Waals surface area contributed by atoms with E-state index in [1.807, 2.05) is 50.3 Å². The van der Waals surface area contributed by atoms with Crippen molar-refractivity contribution in [1.29, 1.82) is 0 Å². The summed E-state index contributed by atoms with van der Waals surface area (Å²) in [5, 5.41) is 8.57. The molecule has 3 heterocycles. The first-order valence-electron chi connectivity index (χ1n) is 7.44. The minimum atomic E-state index is 0.810. The molecule has 1 aliphatic heterocycles. The van der Waals surface area contributed by atoms with Crippen molar-refractivity contribution in [2.24, 2.45) is 0 Å². The Labute approximate surface area is 130 Å². The topological polar surface area (TPSA) is 61.3 Å². The van der Waals surface area contributed by atoms with E-state index in [1.54, 1.807) is 0 Å². The molecule has 7 nitrogen and oxygen atoms in total. The molecule has 0 aromatic carbocycles. The number of piperazine rings is 1. The second kappa shape index (κ2) is 6.13. The van der Waals surface area contributed by atoms with Crippen LogP contribution in [-0.2, 0) is 0 Å². The summed E-state index contributed by atoms with van der Waals surface area (Å²) < 4.78 is 0. The van der Waals surface area contributed by atoms with Crippen LogP contribution in [0, 0.1) is 6.92 Å². The van der Waals surface area contributed by atoms with Crippen LogP contribution >= 0.6 is 0 Å². The first kappa shape index (κ1) is 14.5. The highest BCUT2D eigenvalue weighted by Crippen LogP contribution is 2.18. The van der Waals surface area contributed by atoms with E-state index in [0.29, 0.717) is 0 Å². The predicted octanol–water partition coefficient (Wildman–Crippen LogP) is 0.968. The molecule has 1 fully saturated rings. The fourth-order valence-corrected chi connectivity index (χ4v) is 2.51. The third-order valence-corrected chi connectivity index (χ3v) is 3.78. The Kier molecular flexibility index (Phi) is 4.04. The van der Waals surface area contributed by atoms with Crippen LogP contribution in [0.1, 0.15) is 5.82 Å². The summed E-state index contributed by atoms with van der Waals surface area (Å²) in [4.78, 5) is 15.1. The van der Waals surface area contributed by atoms with Crippen LogP contribution in [0.2, 0.25) is 0 Å². The van der Waals surface area contributed by atoms with Crippen LogP contribution in [0.3, 0.4) is 0 Å². The van der Waals surface area contributed by atoms with Gasteiger partial charge in [-0.2, -0.15) is 0 Å². The van der Waals surface area contributed by atoms with E-state index in [4.69, 9.17) is 0 Å². The molecule has 0 atom stereocenters. The van der Waals surface area contributed by atoms with Crippen molar-refractivity contribution in [3.8, 4) is 0 Å². The molecule has 0 aliphatic carbocycles. The lowest BCUT2D eigenvalue weighted by Crippen LogP contribution is -2.47. The smallest absolute Gasteiger partial charge is 0.151 e. The largest absolute Gasteiger partial charge is 0.361 e. The summed E-state index contributed by atoms with van der Waals surface area (Å²) in [5.41, 5.74) is 0. The first-order valence-corrected chi connectivity index (χ1v) is 7.44. The van der Waals surface area contributed by atoms with Gasteiger partial charge in [-0.15, -0.1) is 10.2 Å². The minimum absolute atomic E-state index is 0.810. The Morgan fingerprint density at radius 1 is 0.909 bits per heavy atom. The zero-order valence-corrected chi connectivity index (χ0v) is 13.3. The van der Waals surface area contributed by atoms with Gasteiger partial charge in [-0.3, -0.25) is 0 Å². The molecule has 0 spiro atoms. The molecular weight excluding hydrogens is 278 g/mol. The molecule has 0 saturated carbocycles. The average molecular weight is 299 g/mol. The van der Waals surface area contributed by atoms with Crippen molar-refractivity contribution in [2.75, 3.05) is 55.0 Å². The van der Waals surface area contributed by atoms with Gasteiger partial charge in [0, 0.05) is 46.5 Å². The predicted molar refractivity (Wildman–Crippen MR) is 87.6 cm³/mol. The summed E-state index contributed by atoms with van der Waals surface area (Å²) in [7, 11) is 3.93. The summed E-state index contributed by atoms with van der Waals surface area (Å²) in [6.45, 7) is 5.60. The lowest BCUT2D eigenvalue weighted by Gasteiger charge is -2.35. The summed E-state index contributed by atoms with van der Waals surface area (Å²) in [6, 6.07) is 6.00. The van der Waals surface area contributed by atoms with Gasteiger partial charge in [0.25, 0.3) is 0 Å². The molecule has 22 heavy (non-hydrogen) atoms. The maximum atomic E-state index is 4.49. The van der Waals surface area contributed by atoms with Gasteiger partial charge in [-0.05, 0) is 25.1 Å². The van der Waals surface area contributed by atoms with E-state index in [1.165, 1.54) is 0 Å². The van der Waals surface area contributed by atoms with Gasteiger partial charge in [-0.25, -0.2) is 9.97 Å². The van der Waals surface area contributed by atoms with Crippen molar-refractivity contribution < 1.29 is 0 Å². The van der Waals surface area contributed by atoms with Crippen LogP contribution in [-0.4, -0.2) is 60.4 Å². The number of aryl methyl sites for hydroxylation is 1. The summed E-state index contributed by atoms with van der Waals surface area (Å²) >= 11 is 0. The quantitative estimate of drug-likeness (QED) is 0.836. The third-order valence-electron chi connectivity index (χ3n) is 3.78. The van der Waals surface area contributed by atoms with Gasteiger partial charge in [0.1, 0.15) is 11.6 Å². The molecule has 3 rings (SSSR count). The number of hydrogen-bond donors (Lipinski definition) is 0. The lowest BCUT2D eigenvalue weighted by molar-refractivity contribution is 0.636. The van der Waals surface area contributed by atoms with Gasteiger partial charge in [0.2, 0.25) is 0 Å². The van der Waals surface area contributed by atoms with Gasteiger partial charge >= 0.3 is 0 Å². The summed E-state index contributed by atoms with van der Waals surface area (Å²) in [6.07, 6.45) is 1.81. The van der Waals surface area contributed by atoms with Gasteiger partial charge in [-0.1, -0.05) is 0 Å². The van der Waals surface area contributed by atoms with E-state index in [9.17, 15) is 0 Å². The minimum Gasteiger partial charge on any atom is -0.361 e. The van der Waals surface area contributed by atoms with Gasteiger partial charge < -0.3 is 14.7 Å². The molecule has 0 N–H and O–H groups in total. The number of hydrogen-bond acceptors (Lipinski definition) is 7. The fraction of sp³-hybridized carbons (Fsp3) is 0.467. The van der Waals surface area contributed by atoms with Crippen molar-refractivity contribution in [2.45, 2.75) is 6.92 Å². The van der Waals surface area contributed by atoms with E-state index in [0.717, 1.165) is 49.5 Å². The molecule has 1 saturated heterocycles. The number of rotatable bonds is 3. The zero-order chi connectivity index (χ0) is 15.5. The number of nitrogens with zero attached hydrogens (tertiary/aromatic N) is 7. The van der Waals surface area contributed by atoms with E-state index >= 15 is 0 Å². The molecule has 2 aromatic rings. The molecule has 0 amide bonds. The zero-order valence-electron chi connectivity index (χ0n) is 13.3. The van der Waals surface area contributed by atoms with Gasteiger partial charge in [0.05, 0.1) is 0 Å². The van der Waals surface area contributed by atoms with Crippen molar-refractivity contribution >= 4 is 17.5 Å². The molecular formula is C15H21N7. The van der Waals surface area contributed by atoms with Crippen molar-refractivity contribution in [3.63, 3.8) is 0 Å². The van der Waals surface area contributed by atoms with Gasteiger partial charge in [0.15, 0.2) is 11.6 Å². The average Bonchev–Trinajstić information content (AvgIpc) is 2.55. The molecule has 116 valence electrons. The van der Waals surface area contributed by atoms with Crippen LogP contribution < -0.4 is 14.7 Å². The maximum Gasteiger partial charge on any atom is 0.151 e. The van der Waals surface area contributed by atoms with Crippen LogP contribution in [0.15, 0.2) is 24.4 Å². The van der Waals surface area contributed by atoms with Crippen LogP contribution in [0.5, 0.6) is 0 Å². The number of anilines is 3. The monoisotopic (exact) mass is 299 g/mol. The molecule has 0 bridgehead atoms. The SMILES string of the molecule is Cc1nccc(N2CCN(c3ccc(N(C)C)nn3)CC2)n1. The highest BCUT2D eigenvalue weighted by atomic mass is 15.3. The molecule has 7 heteroatoms. The van der Waals surface area contributed by atoms with Crippen LogP contribution in [0.25, 0.3) is 0 Å². The molecule has 0 radical (unpaired) electrons. The summed E-state index contributed by atoms with van der Waals surface area (Å²) in [5.74, 6) is 3.62. The van der Waals surface area contributed by atoms with Crippen LogP contribution in [0.4, 0.5) is 17.5 Å². The van der Waals surface area contributed by atoms with Crippen molar-refractivity contribution in [1.82, 2.24) is 20.2 Å². The standard InChI is InChI=1S/C15H21N7/c1-12-16-7-6-13(17-12)21-8-10-22(11-9-21)15-5-4-14(18-19-15)20(2)3/h4-7H,8-11H2,1-3H3. The van der Waals surface area contributed by atoms with E-state index < -0.39 is 0 Å².